The van der Waals surface area contributed by atoms with E-state index in [0.29, 0.717) is 5.02 Å². The molecule has 0 aromatic carbocycles. The smallest absolute Gasteiger partial charge is 0.128 e. The van der Waals surface area contributed by atoms with Gasteiger partial charge in [-0.3, -0.25) is 4.98 Å². The molecule has 3 rings (SSSR count). The van der Waals surface area contributed by atoms with E-state index in [1.807, 2.05) is 12.1 Å². The average Bonchev–Trinajstić information content (AvgIpc) is 2.88. The Labute approximate surface area is 147 Å². The Bertz CT molecular complexity index is 777. The molecule has 0 bridgehead atoms. The van der Waals surface area contributed by atoms with Gasteiger partial charge in [-0.2, -0.15) is 0 Å². The molecule has 0 N–H and O–H groups in total. The second-order valence-corrected chi connectivity index (χ2v) is 7.08. The van der Waals surface area contributed by atoms with Gasteiger partial charge in [-0.25, -0.2) is 4.98 Å². The fraction of sp³-hybridized carbons (Fsp3) is 0.368. The minimum Gasteiger partial charge on any atom is -0.379 e. The molecule has 5 heteroatoms. The van der Waals surface area contributed by atoms with Crippen molar-refractivity contribution in [2.24, 2.45) is 5.41 Å². The number of pyridine rings is 2. The van der Waals surface area contributed by atoms with Crippen LogP contribution in [0.25, 0.3) is 0 Å². The first-order chi connectivity index (χ1) is 11.5. The summed E-state index contributed by atoms with van der Waals surface area (Å²) < 4.78 is 5.59. The van der Waals surface area contributed by atoms with Crippen LogP contribution in [0.3, 0.4) is 0 Å². The Morgan fingerprint density at radius 1 is 1.21 bits per heavy atom. The zero-order chi connectivity index (χ0) is 17.2. The summed E-state index contributed by atoms with van der Waals surface area (Å²) in [6.45, 7) is 6.23. The molecule has 4 nitrogen and oxygen atoms in total. The molecule has 2 aromatic rings. The third-order valence-electron chi connectivity index (χ3n) is 4.27. The van der Waals surface area contributed by atoms with Crippen molar-refractivity contribution in [1.82, 2.24) is 9.97 Å². The second-order valence-electron chi connectivity index (χ2n) is 6.64. The lowest BCUT2D eigenvalue weighted by molar-refractivity contribution is 0.0445. The Morgan fingerprint density at radius 2 is 2.00 bits per heavy atom. The topological polar surface area (TPSA) is 38.2 Å². The minimum absolute atomic E-state index is 0.120. The monoisotopic (exact) mass is 341 g/mol. The Morgan fingerprint density at radius 3 is 2.62 bits per heavy atom. The predicted molar refractivity (Wildman–Crippen MR) is 96.3 cm³/mol. The van der Waals surface area contributed by atoms with Crippen LogP contribution in [-0.2, 0) is 4.74 Å². The standard InChI is InChI=1S/C19H20ClN3O/c1-19(2)13-23(12-17(19)24-3)18-7-6-14(10-22-18)4-5-15-8-16(20)11-21-9-15/h6-11,17H,12-13H2,1-3H3. The maximum atomic E-state index is 5.91. The molecule has 0 radical (unpaired) electrons. The van der Waals surface area contributed by atoms with Crippen LogP contribution >= 0.6 is 11.6 Å². The summed E-state index contributed by atoms with van der Waals surface area (Å²) in [5.74, 6) is 7.09. The molecule has 3 heterocycles. The molecule has 0 saturated carbocycles. The van der Waals surface area contributed by atoms with Gasteiger partial charge in [0.25, 0.3) is 0 Å². The summed E-state index contributed by atoms with van der Waals surface area (Å²) in [5, 5.41) is 0.583. The van der Waals surface area contributed by atoms with Gasteiger partial charge >= 0.3 is 0 Å². The highest BCUT2D eigenvalue weighted by molar-refractivity contribution is 6.30. The largest absolute Gasteiger partial charge is 0.379 e. The number of ether oxygens (including phenoxy) is 1. The highest BCUT2D eigenvalue weighted by Gasteiger charge is 2.39. The molecule has 124 valence electrons. The molecule has 1 aliphatic rings. The summed E-state index contributed by atoms with van der Waals surface area (Å²) in [6, 6.07) is 5.79. The summed E-state index contributed by atoms with van der Waals surface area (Å²) in [4.78, 5) is 10.8. The Kier molecular flexibility index (Phi) is 4.75. The van der Waals surface area contributed by atoms with E-state index in [1.54, 1.807) is 31.8 Å². The summed E-state index contributed by atoms with van der Waals surface area (Å²) >= 11 is 5.91. The summed E-state index contributed by atoms with van der Waals surface area (Å²) in [7, 11) is 1.77. The van der Waals surface area contributed by atoms with Crippen LogP contribution in [-0.4, -0.2) is 36.3 Å². The number of aromatic nitrogens is 2. The molecular formula is C19H20ClN3O. The molecule has 1 aliphatic heterocycles. The van der Waals surface area contributed by atoms with Crippen molar-refractivity contribution < 1.29 is 4.74 Å². The van der Waals surface area contributed by atoms with Gasteiger partial charge in [0.1, 0.15) is 5.82 Å². The molecule has 1 unspecified atom stereocenters. The first kappa shape index (κ1) is 16.8. The van der Waals surface area contributed by atoms with Gasteiger partial charge in [0, 0.05) is 55.3 Å². The lowest BCUT2D eigenvalue weighted by atomic mass is 9.90. The lowest BCUT2D eigenvalue weighted by Crippen LogP contribution is -2.28. The molecule has 2 aromatic heterocycles. The number of rotatable bonds is 2. The van der Waals surface area contributed by atoms with Crippen molar-refractivity contribution in [3.05, 3.63) is 52.9 Å². The lowest BCUT2D eigenvalue weighted by Gasteiger charge is -2.23. The van der Waals surface area contributed by atoms with Crippen LogP contribution in [0, 0.1) is 17.3 Å². The fourth-order valence-corrected chi connectivity index (χ4v) is 3.12. The van der Waals surface area contributed by atoms with Gasteiger partial charge in [0.2, 0.25) is 0 Å². The Hall–Kier alpha value is -2.09. The number of nitrogens with zero attached hydrogens (tertiary/aromatic N) is 3. The van der Waals surface area contributed by atoms with Crippen LogP contribution in [0.2, 0.25) is 5.02 Å². The molecule has 24 heavy (non-hydrogen) atoms. The van der Waals surface area contributed by atoms with Crippen molar-refractivity contribution >= 4 is 17.4 Å². The van der Waals surface area contributed by atoms with Crippen LogP contribution in [0.5, 0.6) is 0 Å². The van der Waals surface area contributed by atoms with Crippen molar-refractivity contribution in [2.75, 3.05) is 25.1 Å². The van der Waals surface area contributed by atoms with E-state index in [4.69, 9.17) is 16.3 Å². The van der Waals surface area contributed by atoms with Crippen LogP contribution in [0.1, 0.15) is 25.0 Å². The van der Waals surface area contributed by atoms with Crippen molar-refractivity contribution in [3.63, 3.8) is 0 Å². The third kappa shape index (κ3) is 3.69. The maximum absolute atomic E-state index is 5.91. The highest BCUT2D eigenvalue weighted by atomic mass is 35.5. The number of hydrogen-bond donors (Lipinski definition) is 0. The summed E-state index contributed by atoms with van der Waals surface area (Å²) in [6.07, 6.45) is 5.30. The highest BCUT2D eigenvalue weighted by Crippen LogP contribution is 2.33. The SMILES string of the molecule is COC1CN(c2ccc(C#Cc3cncc(Cl)c3)cn2)CC1(C)C. The minimum atomic E-state index is 0.120. The van der Waals surface area contributed by atoms with E-state index in [1.165, 1.54) is 0 Å². The number of hydrogen-bond acceptors (Lipinski definition) is 4. The van der Waals surface area contributed by atoms with Crippen molar-refractivity contribution in [3.8, 4) is 11.8 Å². The first-order valence-electron chi connectivity index (χ1n) is 7.84. The second kappa shape index (κ2) is 6.80. The third-order valence-corrected chi connectivity index (χ3v) is 4.48. The molecule has 0 aliphatic carbocycles. The zero-order valence-electron chi connectivity index (χ0n) is 14.1. The van der Waals surface area contributed by atoms with Gasteiger partial charge in [0.05, 0.1) is 11.1 Å². The first-order valence-corrected chi connectivity index (χ1v) is 8.22. The molecule has 1 saturated heterocycles. The van der Waals surface area contributed by atoms with Gasteiger partial charge < -0.3 is 9.64 Å². The van der Waals surface area contributed by atoms with Crippen LogP contribution < -0.4 is 4.90 Å². The van der Waals surface area contributed by atoms with Gasteiger partial charge in [-0.1, -0.05) is 37.3 Å². The maximum Gasteiger partial charge on any atom is 0.128 e. The van der Waals surface area contributed by atoms with E-state index in [-0.39, 0.29) is 11.5 Å². The molecule has 0 amide bonds. The Balaban J connectivity index is 1.73. The molecular weight excluding hydrogens is 322 g/mol. The van der Waals surface area contributed by atoms with Crippen LogP contribution in [0.15, 0.2) is 36.8 Å². The van der Waals surface area contributed by atoms with E-state index >= 15 is 0 Å². The number of anilines is 1. The summed E-state index contributed by atoms with van der Waals surface area (Å²) in [5.41, 5.74) is 1.77. The van der Waals surface area contributed by atoms with E-state index < -0.39 is 0 Å². The van der Waals surface area contributed by atoms with Gasteiger partial charge in [-0.05, 0) is 18.2 Å². The van der Waals surface area contributed by atoms with E-state index in [2.05, 4.69) is 40.6 Å². The van der Waals surface area contributed by atoms with Crippen molar-refractivity contribution in [1.29, 1.82) is 0 Å². The fourth-order valence-electron chi connectivity index (χ4n) is 2.95. The molecule has 1 atom stereocenters. The van der Waals surface area contributed by atoms with Crippen LogP contribution in [0.4, 0.5) is 5.82 Å². The number of methoxy groups -OCH3 is 1. The number of halogens is 1. The molecule has 0 spiro atoms. The normalized spacial score (nSPS) is 19.0. The van der Waals surface area contributed by atoms with E-state index in [0.717, 1.165) is 30.0 Å². The quantitative estimate of drug-likeness (QED) is 0.785. The van der Waals surface area contributed by atoms with Gasteiger partial charge in [0.15, 0.2) is 0 Å². The molecule has 1 fully saturated rings. The van der Waals surface area contributed by atoms with Gasteiger partial charge in [-0.15, -0.1) is 0 Å². The average molecular weight is 342 g/mol. The predicted octanol–water partition coefficient (Wildman–Crippen LogP) is 3.39. The van der Waals surface area contributed by atoms with E-state index in [9.17, 15) is 0 Å². The van der Waals surface area contributed by atoms with Crippen molar-refractivity contribution in [2.45, 2.75) is 20.0 Å². The zero-order valence-corrected chi connectivity index (χ0v) is 14.8.